The summed E-state index contributed by atoms with van der Waals surface area (Å²) in [5, 5.41) is 2.40. The quantitative estimate of drug-likeness (QED) is 0.753. The van der Waals surface area contributed by atoms with Crippen molar-refractivity contribution < 1.29 is 13.2 Å². The van der Waals surface area contributed by atoms with Gasteiger partial charge in [0, 0.05) is 31.1 Å². The van der Waals surface area contributed by atoms with Crippen LogP contribution in [0.25, 0.3) is 0 Å². The fourth-order valence-corrected chi connectivity index (χ4v) is 6.17. The molecule has 0 bridgehead atoms. The molecule has 148 valence electrons. The lowest BCUT2D eigenvalue weighted by Crippen LogP contribution is -2.58. The van der Waals surface area contributed by atoms with Gasteiger partial charge in [-0.15, -0.1) is 0 Å². The summed E-state index contributed by atoms with van der Waals surface area (Å²) in [6, 6.07) is 1.68. The summed E-state index contributed by atoms with van der Waals surface area (Å²) in [5.41, 5.74) is 5.92. The molecule has 27 heavy (non-hydrogen) atoms. The van der Waals surface area contributed by atoms with Gasteiger partial charge in [0.15, 0.2) is 0 Å². The highest BCUT2D eigenvalue weighted by atomic mass is 32.2. The number of amides is 2. The number of urea groups is 1. The number of nitrogens with one attached hydrogen (secondary N) is 2. The molecule has 1 saturated heterocycles. The molecule has 0 saturated carbocycles. The Balaban J connectivity index is 1.42. The number of fused-ring (bicyclic) bond motifs is 2. The minimum Gasteiger partial charge on any atom is -0.307 e. The van der Waals surface area contributed by atoms with E-state index >= 15 is 0 Å². The van der Waals surface area contributed by atoms with Crippen molar-refractivity contribution in [3.05, 3.63) is 28.3 Å². The Bertz CT molecular complexity index is 816. The predicted molar refractivity (Wildman–Crippen MR) is 110 cm³/mol. The summed E-state index contributed by atoms with van der Waals surface area (Å²) in [7, 11) is -3.64. The lowest BCUT2D eigenvalue weighted by molar-refractivity contribution is 0.196. The van der Waals surface area contributed by atoms with Gasteiger partial charge in [0.25, 0.3) is 0 Å². The van der Waals surface area contributed by atoms with Crippen LogP contribution in [-0.4, -0.2) is 56.2 Å². The molecular formula is C19H27N3O3S2. The first-order chi connectivity index (χ1) is 13.0. The first-order valence-corrected chi connectivity index (χ1v) is 12.6. The molecule has 1 aromatic rings. The van der Waals surface area contributed by atoms with Crippen LogP contribution >= 0.6 is 11.8 Å². The van der Waals surface area contributed by atoms with Crippen molar-refractivity contribution in [1.82, 2.24) is 9.62 Å². The molecule has 2 aliphatic carbocycles. The van der Waals surface area contributed by atoms with Gasteiger partial charge in [-0.3, -0.25) is 4.90 Å². The average molecular weight is 410 g/mol. The van der Waals surface area contributed by atoms with E-state index in [1.165, 1.54) is 22.3 Å². The van der Waals surface area contributed by atoms with E-state index in [-0.39, 0.29) is 0 Å². The molecule has 4 rings (SSSR count). The molecule has 8 heteroatoms. The Labute approximate surface area is 165 Å². The summed E-state index contributed by atoms with van der Waals surface area (Å²) in [4.78, 5) is 14.6. The standard InChI is InChI=1S/C19H27N3O3S2/c1-26-9-8-22-11-15(12-22)27(24,25)21-19(23)20-18-16-6-2-4-13(16)10-14-5-3-7-17(14)18/h10,15H,2-9,11-12H2,1H3,(H2,20,21,23). The van der Waals surface area contributed by atoms with E-state index in [9.17, 15) is 13.2 Å². The Morgan fingerprint density at radius 2 is 1.78 bits per heavy atom. The number of thioether (sulfide) groups is 1. The topological polar surface area (TPSA) is 78.5 Å². The molecule has 0 spiro atoms. The zero-order valence-corrected chi connectivity index (χ0v) is 17.3. The maximum atomic E-state index is 12.5. The smallest absolute Gasteiger partial charge is 0.307 e. The van der Waals surface area contributed by atoms with Crippen LogP contribution in [0.4, 0.5) is 10.5 Å². The van der Waals surface area contributed by atoms with Gasteiger partial charge >= 0.3 is 6.03 Å². The first kappa shape index (κ1) is 19.1. The third kappa shape index (κ3) is 3.84. The predicted octanol–water partition coefficient (Wildman–Crippen LogP) is 2.16. The van der Waals surface area contributed by atoms with Crippen molar-refractivity contribution in [3.63, 3.8) is 0 Å². The zero-order valence-electron chi connectivity index (χ0n) is 15.7. The number of hydrogen-bond acceptors (Lipinski definition) is 5. The molecule has 0 atom stereocenters. The van der Waals surface area contributed by atoms with Crippen LogP contribution in [0, 0.1) is 0 Å². The van der Waals surface area contributed by atoms with Gasteiger partial charge in [-0.25, -0.2) is 17.9 Å². The van der Waals surface area contributed by atoms with E-state index in [1.807, 2.05) is 6.26 Å². The monoisotopic (exact) mass is 409 g/mol. The summed E-state index contributed by atoms with van der Waals surface area (Å²) in [6.45, 7) is 1.89. The second-order valence-electron chi connectivity index (χ2n) is 7.71. The van der Waals surface area contributed by atoms with E-state index in [0.29, 0.717) is 13.1 Å². The Hall–Kier alpha value is -1.25. The van der Waals surface area contributed by atoms with Gasteiger partial charge in [0.1, 0.15) is 5.25 Å². The molecule has 1 aliphatic heterocycles. The molecule has 0 aromatic heterocycles. The second kappa shape index (κ2) is 7.64. The van der Waals surface area contributed by atoms with E-state index < -0.39 is 21.3 Å². The van der Waals surface area contributed by atoms with Gasteiger partial charge in [-0.05, 0) is 67.0 Å². The number of likely N-dealkylation sites (tertiary alicyclic amines) is 1. The number of nitrogens with zero attached hydrogens (tertiary/aromatic N) is 1. The van der Waals surface area contributed by atoms with Gasteiger partial charge < -0.3 is 5.32 Å². The van der Waals surface area contributed by atoms with E-state index in [0.717, 1.165) is 56.5 Å². The van der Waals surface area contributed by atoms with Crippen molar-refractivity contribution in [1.29, 1.82) is 0 Å². The number of sulfonamides is 1. The zero-order chi connectivity index (χ0) is 19.0. The summed E-state index contributed by atoms with van der Waals surface area (Å²) < 4.78 is 27.2. The molecule has 3 aliphatic rings. The minimum absolute atomic E-state index is 0.499. The van der Waals surface area contributed by atoms with E-state index in [4.69, 9.17) is 0 Å². The molecule has 0 unspecified atom stereocenters. The SMILES string of the molecule is CSCCN1CC(S(=O)(=O)NC(=O)Nc2c3c(cc4c2CCC4)CCC3)C1. The van der Waals surface area contributed by atoms with Crippen LogP contribution in [0.1, 0.15) is 35.1 Å². The summed E-state index contributed by atoms with van der Waals surface area (Å²) in [6.07, 6.45) is 8.24. The number of rotatable bonds is 6. The average Bonchev–Trinajstić information content (AvgIpc) is 3.21. The van der Waals surface area contributed by atoms with E-state index in [1.54, 1.807) is 11.8 Å². The van der Waals surface area contributed by atoms with Crippen LogP contribution in [0.2, 0.25) is 0 Å². The highest BCUT2D eigenvalue weighted by Gasteiger charge is 2.38. The Morgan fingerprint density at radius 3 is 2.37 bits per heavy atom. The third-order valence-electron chi connectivity index (χ3n) is 5.92. The van der Waals surface area contributed by atoms with Gasteiger partial charge in [-0.1, -0.05) is 6.07 Å². The number of aryl methyl sites for hydroxylation is 2. The van der Waals surface area contributed by atoms with Crippen molar-refractivity contribution in [3.8, 4) is 0 Å². The highest BCUT2D eigenvalue weighted by molar-refractivity contribution is 7.98. The van der Waals surface area contributed by atoms with Crippen molar-refractivity contribution in [2.75, 3.05) is 37.0 Å². The molecule has 2 N–H and O–H groups in total. The molecule has 2 amide bonds. The van der Waals surface area contributed by atoms with Crippen LogP contribution in [0.3, 0.4) is 0 Å². The lowest BCUT2D eigenvalue weighted by Gasteiger charge is -2.38. The van der Waals surface area contributed by atoms with Crippen LogP contribution in [0.5, 0.6) is 0 Å². The summed E-state index contributed by atoms with van der Waals surface area (Å²) in [5.74, 6) is 0.991. The maximum absolute atomic E-state index is 12.5. The second-order valence-corrected chi connectivity index (χ2v) is 10.7. The number of carbonyl (C=O) groups is 1. The normalized spacial score (nSPS) is 19.4. The fraction of sp³-hybridized carbons (Fsp3) is 0.632. The number of anilines is 1. The molecule has 0 radical (unpaired) electrons. The number of hydrogen-bond donors (Lipinski definition) is 2. The molecular weight excluding hydrogens is 382 g/mol. The van der Waals surface area contributed by atoms with Crippen LogP contribution in [0.15, 0.2) is 6.07 Å². The fourth-order valence-electron chi connectivity index (χ4n) is 4.44. The van der Waals surface area contributed by atoms with Crippen LogP contribution in [-0.2, 0) is 35.7 Å². The van der Waals surface area contributed by atoms with E-state index in [2.05, 4.69) is 21.0 Å². The number of carbonyl (C=O) groups excluding carboxylic acids is 1. The summed E-state index contributed by atoms with van der Waals surface area (Å²) >= 11 is 1.75. The lowest BCUT2D eigenvalue weighted by atomic mass is 9.99. The largest absolute Gasteiger partial charge is 0.332 e. The van der Waals surface area contributed by atoms with Crippen molar-refractivity contribution >= 4 is 33.5 Å². The molecule has 1 aromatic carbocycles. The minimum atomic E-state index is -3.64. The van der Waals surface area contributed by atoms with Crippen LogP contribution < -0.4 is 10.0 Å². The third-order valence-corrected chi connectivity index (χ3v) is 8.16. The Kier molecular flexibility index (Phi) is 5.40. The first-order valence-electron chi connectivity index (χ1n) is 9.68. The van der Waals surface area contributed by atoms with Gasteiger partial charge in [0.05, 0.1) is 0 Å². The maximum Gasteiger partial charge on any atom is 0.332 e. The van der Waals surface area contributed by atoms with Crippen molar-refractivity contribution in [2.45, 2.75) is 43.8 Å². The number of benzene rings is 1. The van der Waals surface area contributed by atoms with Crippen molar-refractivity contribution in [2.24, 2.45) is 0 Å². The van der Waals surface area contributed by atoms with Gasteiger partial charge in [0.2, 0.25) is 10.0 Å². The van der Waals surface area contributed by atoms with Gasteiger partial charge in [-0.2, -0.15) is 11.8 Å². The Morgan fingerprint density at radius 1 is 1.15 bits per heavy atom. The molecule has 1 heterocycles. The highest BCUT2D eigenvalue weighted by Crippen LogP contribution is 2.38. The molecule has 6 nitrogen and oxygen atoms in total. The molecule has 1 fully saturated rings.